The Morgan fingerprint density at radius 1 is 1.42 bits per heavy atom. The maximum absolute atomic E-state index is 13.8. The molecule has 0 saturated carbocycles. The second kappa shape index (κ2) is 8.01. The summed E-state index contributed by atoms with van der Waals surface area (Å²) in [7, 11) is 3.53. The molecule has 1 fully saturated rings. The number of nitrogens with zero attached hydrogens (tertiary/aromatic N) is 2. The fraction of sp³-hybridized carbons (Fsp3) is 0.368. The number of hydrogen-bond donors (Lipinski definition) is 1. The van der Waals surface area contributed by atoms with E-state index in [4.69, 9.17) is 16.3 Å². The third kappa shape index (κ3) is 3.97. The molecule has 2 atom stereocenters. The van der Waals surface area contributed by atoms with Crippen LogP contribution in [0.5, 0.6) is 5.88 Å². The van der Waals surface area contributed by atoms with Crippen molar-refractivity contribution in [1.29, 1.82) is 0 Å². The molecule has 138 valence electrons. The van der Waals surface area contributed by atoms with E-state index in [9.17, 15) is 9.18 Å². The summed E-state index contributed by atoms with van der Waals surface area (Å²) in [6.07, 6.45) is 2.41. The monoisotopic (exact) mass is 377 g/mol. The van der Waals surface area contributed by atoms with Gasteiger partial charge >= 0.3 is 0 Å². The average molecular weight is 378 g/mol. The highest BCUT2D eigenvalue weighted by atomic mass is 35.5. The average Bonchev–Trinajstić information content (AvgIpc) is 3.02. The Balaban J connectivity index is 1.67. The van der Waals surface area contributed by atoms with Gasteiger partial charge < -0.3 is 10.1 Å². The number of methoxy groups -OCH3 is 1. The number of carbonyl (C=O) groups excluding carboxylic acids is 1. The first-order valence-electron chi connectivity index (χ1n) is 8.43. The molecular formula is C19H21ClFN3O2. The Labute approximate surface area is 157 Å². The standard InChI is InChI=1S/C19H21ClFN3O2/c1-24-8-7-13(18(24)12-3-5-15(20)16(21)9-12)10-23-19(25)14-4-6-17(26-2)22-11-14/h3-6,9,11,13,18H,7-8,10H2,1-2H3,(H,23,25)/t13-,18-/m1/s1. The molecule has 1 aliphatic heterocycles. The number of likely N-dealkylation sites (tertiary alicyclic amines) is 1. The lowest BCUT2D eigenvalue weighted by Gasteiger charge is -2.26. The van der Waals surface area contributed by atoms with Crippen LogP contribution >= 0.6 is 11.6 Å². The number of aromatic nitrogens is 1. The lowest BCUT2D eigenvalue weighted by atomic mass is 9.93. The van der Waals surface area contributed by atoms with Gasteiger partial charge in [0.05, 0.1) is 17.7 Å². The number of rotatable bonds is 5. The number of halogens is 2. The molecule has 1 N–H and O–H groups in total. The third-order valence-electron chi connectivity index (χ3n) is 4.79. The van der Waals surface area contributed by atoms with Crippen LogP contribution in [0.4, 0.5) is 4.39 Å². The Morgan fingerprint density at radius 3 is 2.88 bits per heavy atom. The number of pyridine rings is 1. The quantitative estimate of drug-likeness (QED) is 0.868. The Hall–Kier alpha value is -2.18. The number of nitrogens with one attached hydrogen (secondary N) is 1. The number of benzene rings is 1. The predicted molar refractivity (Wildman–Crippen MR) is 98.0 cm³/mol. The summed E-state index contributed by atoms with van der Waals surface area (Å²) in [5.41, 5.74) is 1.35. The Morgan fingerprint density at radius 2 is 2.23 bits per heavy atom. The van der Waals surface area contributed by atoms with E-state index in [1.807, 2.05) is 13.1 Å². The van der Waals surface area contributed by atoms with Crippen molar-refractivity contribution in [3.05, 3.63) is 58.5 Å². The molecule has 2 heterocycles. The zero-order chi connectivity index (χ0) is 18.7. The molecule has 5 nitrogen and oxygen atoms in total. The van der Waals surface area contributed by atoms with Crippen molar-refractivity contribution in [3.63, 3.8) is 0 Å². The lowest BCUT2D eigenvalue weighted by molar-refractivity contribution is 0.0943. The lowest BCUT2D eigenvalue weighted by Crippen LogP contribution is -2.32. The molecule has 7 heteroatoms. The molecule has 1 aromatic heterocycles. The molecule has 0 spiro atoms. The van der Waals surface area contributed by atoms with Gasteiger partial charge in [-0.15, -0.1) is 0 Å². The van der Waals surface area contributed by atoms with Gasteiger partial charge in [0.25, 0.3) is 5.91 Å². The summed E-state index contributed by atoms with van der Waals surface area (Å²) in [4.78, 5) is 18.6. The maximum atomic E-state index is 13.8. The van der Waals surface area contributed by atoms with Crippen LogP contribution in [-0.4, -0.2) is 43.0 Å². The van der Waals surface area contributed by atoms with Crippen LogP contribution in [0.15, 0.2) is 36.5 Å². The van der Waals surface area contributed by atoms with E-state index < -0.39 is 5.82 Å². The topological polar surface area (TPSA) is 54.5 Å². The number of amides is 1. The number of hydrogen-bond acceptors (Lipinski definition) is 4. The third-order valence-corrected chi connectivity index (χ3v) is 5.10. The summed E-state index contributed by atoms with van der Waals surface area (Å²) < 4.78 is 18.8. The summed E-state index contributed by atoms with van der Waals surface area (Å²) in [6, 6.07) is 8.27. The van der Waals surface area contributed by atoms with Gasteiger partial charge in [-0.05, 0) is 49.7 Å². The minimum Gasteiger partial charge on any atom is -0.481 e. The fourth-order valence-electron chi connectivity index (χ4n) is 3.42. The second-order valence-corrected chi connectivity index (χ2v) is 6.85. The molecule has 2 aromatic rings. The van der Waals surface area contributed by atoms with Crippen molar-refractivity contribution < 1.29 is 13.9 Å². The van der Waals surface area contributed by atoms with Gasteiger partial charge in [0.1, 0.15) is 5.82 Å². The van der Waals surface area contributed by atoms with E-state index in [0.29, 0.717) is 18.0 Å². The van der Waals surface area contributed by atoms with Gasteiger partial charge in [0, 0.05) is 24.8 Å². The van der Waals surface area contributed by atoms with Crippen molar-refractivity contribution in [2.75, 3.05) is 27.2 Å². The molecule has 26 heavy (non-hydrogen) atoms. The van der Waals surface area contributed by atoms with E-state index in [-0.39, 0.29) is 22.9 Å². The molecule has 1 aliphatic rings. The number of ether oxygens (including phenoxy) is 1. The van der Waals surface area contributed by atoms with Crippen molar-refractivity contribution in [2.45, 2.75) is 12.5 Å². The van der Waals surface area contributed by atoms with E-state index in [1.54, 1.807) is 18.2 Å². The summed E-state index contributed by atoms with van der Waals surface area (Å²) >= 11 is 5.79. The Kier molecular flexibility index (Phi) is 5.74. The highest BCUT2D eigenvalue weighted by Crippen LogP contribution is 2.36. The van der Waals surface area contributed by atoms with Crippen molar-refractivity contribution in [2.24, 2.45) is 5.92 Å². The normalized spacial score (nSPS) is 20.2. The van der Waals surface area contributed by atoms with Crippen LogP contribution in [0.2, 0.25) is 5.02 Å². The molecule has 0 radical (unpaired) electrons. The van der Waals surface area contributed by atoms with Gasteiger partial charge in [-0.3, -0.25) is 9.69 Å². The van der Waals surface area contributed by atoms with E-state index >= 15 is 0 Å². The zero-order valence-electron chi connectivity index (χ0n) is 14.7. The molecule has 3 rings (SSSR count). The smallest absolute Gasteiger partial charge is 0.252 e. The molecule has 0 aliphatic carbocycles. The molecule has 0 bridgehead atoms. The Bertz CT molecular complexity index is 785. The van der Waals surface area contributed by atoms with Crippen LogP contribution < -0.4 is 10.1 Å². The van der Waals surface area contributed by atoms with Crippen LogP contribution in [0.3, 0.4) is 0 Å². The van der Waals surface area contributed by atoms with Gasteiger partial charge in [-0.2, -0.15) is 0 Å². The summed E-state index contributed by atoms with van der Waals surface area (Å²) in [5, 5.41) is 3.08. The molecule has 1 amide bonds. The van der Waals surface area contributed by atoms with E-state index in [2.05, 4.69) is 15.2 Å². The molecule has 0 unspecified atom stereocenters. The zero-order valence-corrected chi connectivity index (χ0v) is 15.5. The SMILES string of the molecule is COc1ccc(C(=O)NC[C@H]2CCN(C)[C@@H]2c2ccc(Cl)c(F)c2)cn1. The van der Waals surface area contributed by atoms with Crippen LogP contribution in [0.25, 0.3) is 0 Å². The second-order valence-electron chi connectivity index (χ2n) is 6.45. The number of carbonyl (C=O) groups is 1. The van der Waals surface area contributed by atoms with Gasteiger partial charge in [0.15, 0.2) is 0 Å². The van der Waals surface area contributed by atoms with Crippen LogP contribution in [-0.2, 0) is 0 Å². The van der Waals surface area contributed by atoms with Gasteiger partial charge in [-0.25, -0.2) is 9.37 Å². The van der Waals surface area contributed by atoms with Crippen molar-refractivity contribution in [1.82, 2.24) is 15.2 Å². The minimum atomic E-state index is -0.420. The molecular weight excluding hydrogens is 357 g/mol. The fourth-order valence-corrected chi connectivity index (χ4v) is 3.54. The van der Waals surface area contributed by atoms with Crippen LogP contribution in [0.1, 0.15) is 28.4 Å². The molecule has 1 aromatic carbocycles. The van der Waals surface area contributed by atoms with Gasteiger partial charge in [0.2, 0.25) is 5.88 Å². The largest absolute Gasteiger partial charge is 0.481 e. The highest BCUT2D eigenvalue weighted by Gasteiger charge is 2.33. The summed E-state index contributed by atoms with van der Waals surface area (Å²) in [5.74, 6) is 0.0480. The summed E-state index contributed by atoms with van der Waals surface area (Å²) in [6.45, 7) is 1.39. The first-order chi connectivity index (χ1) is 12.5. The van der Waals surface area contributed by atoms with Crippen LogP contribution in [0, 0.1) is 11.7 Å². The van der Waals surface area contributed by atoms with Crippen molar-refractivity contribution in [3.8, 4) is 5.88 Å². The van der Waals surface area contributed by atoms with E-state index in [1.165, 1.54) is 19.4 Å². The van der Waals surface area contributed by atoms with Gasteiger partial charge in [-0.1, -0.05) is 17.7 Å². The first kappa shape index (κ1) is 18.6. The first-order valence-corrected chi connectivity index (χ1v) is 8.81. The van der Waals surface area contributed by atoms with E-state index in [0.717, 1.165) is 18.5 Å². The minimum absolute atomic E-state index is 0.0380. The maximum Gasteiger partial charge on any atom is 0.252 e. The molecule has 1 saturated heterocycles. The predicted octanol–water partition coefficient (Wildman–Crippen LogP) is 3.31. The van der Waals surface area contributed by atoms with Crippen molar-refractivity contribution >= 4 is 17.5 Å². The highest BCUT2D eigenvalue weighted by molar-refractivity contribution is 6.30.